The Bertz CT molecular complexity index is 575. The van der Waals surface area contributed by atoms with E-state index in [9.17, 15) is 13.2 Å². The number of carbonyl (C=O) groups is 1. The van der Waals surface area contributed by atoms with Crippen LogP contribution in [-0.2, 0) is 14.8 Å². The zero-order valence-corrected chi connectivity index (χ0v) is 13.5. The highest BCUT2D eigenvalue weighted by atomic mass is 79.9. The second kappa shape index (κ2) is 7.72. The van der Waals surface area contributed by atoms with E-state index >= 15 is 0 Å². The lowest BCUT2D eigenvalue weighted by molar-refractivity contribution is 0.0526. The molecule has 0 atom stereocenters. The molecule has 0 fully saturated rings. The first kappa shape index (κ1) is 17.1. The highest BCUT2D eigenvalue weighted by molar-refractivity contribution is 9.10. The maximum absolute atomic E-state index is 12.0. The summed E-state index contributed by atoms with van der Waals surface area (Å²) in [7, 11) is -3.62. The van der Waals surface area contributed by atoms with E-state index in [0.717, 1.165) is 0 Å². The molecule has 6 nitrogen and oxygen atoms in total. The van der Waals surface area contributed by atoms with E-state index < -0.39 is 16.0 Å². The third kappa shape index (κ3) is 4.55. The molecular weight excluding hydrogens is 348 g/mol. The van der Waals surface area contributed by atoms with E-state index in [1.165, 1.54) is 18.2 Å². The zero-order chi connectivity index (χ0) is 15.2. The molecule has 0 aliphatic rings. The van der Waals surface area contributed by atoms with Crippen molar-refractivity contribution in [1.82, 2.24) is 4.72 Å². The average molecular weight is 365 g/mol. The first-order chi connectivity index (χ1) is 9.42. The van der Waals surface area contributed by atoms with Gasteiger partial charge in [-0.1, -0.05) is 0 Å². The van der Waals surface area contributed by atoms with Crippen molar-refractivity contribution in [3.05, 3.63) is 28.2 Å². The molecule has 0 heterocycles. The topological polar surface area (TPSA) is 98.5 Å². The number of nitrogens with two attached hydrogens (primary N) is 1. The molecule has 0 saturated heterocycles. The van der Waals surface area contributed by atoms with Crippen LogP contribution in [-0.4, -0.2) is 34.1 Å². The van der Waals surface area contributed by atoms with E-state index in [0.29, 0.717) is 23.0 Å². The minimum absolute atomic E-state index is 0.0718. The average Bonchev–Trinajstić information content (AvgIpc) is 2.38. The Hall–Kier alpha value is -0.960. The summed E-state index contributed by atoms with van der Waals surface area (Å²) in [5.74, 6) is -0.492. The number of halogens is 1. The highest BCUT2D eigenvalue weighted by Crippen LogP contribution is 2.23. The Morgan fingerprint density at radius 2 is 2.15 bits per heavy atom. The molecular formula is C12H17BrN2O4S. The number of sulfonamides is 1. The lowest BCUT2D eigenvalue weighted by atomic mass is 10.2. The minimum atomic E-state index is -3.62. The fraction of sp³-hybridized carbons (Fsp3) is 0.417. The molecule has 0 amide bonds. The Balaban J connectivity index is 2.95. The summed E-state index contributed by atoms with van der Waals surface area (Å²) < 4.78 is 31.7. The van der Waals surface area contributed by atoms with Gasteiger partial charge in [0.2, 0.25) is 10.0 Å². The van der Waals surface area contributed by atoms with E-state index in [1.54, 1.807) is 6.92 Å². The Kier molecular flexibility index (Phi) is 6.60. The van der Waals surface area contributed by atoms with E-state index in [4.69, 9.17) is 10.5 Å². The van der Waals surface area contributed by atoms with Gasteiger partial charge in [0.05, 0.1) is 17.1 Å². The van der Waals surface area contributed by atoms with Crippen LogP contribution in [0.25, 0.3) is 0 Å². The van der Waals surface area contributed by atoms with Crippen LogP contribution in [0.15, 0.2) is 27.6 Å². The molecule has 8 heteroatoms. The van der Waals surface area contributed by atoms with Crippen molar-refractivity contribution in [3.8, 4) is 0 Å². The van der Waals surface area contributed by atoms with Gasteiger partial charge in [-0.05, 0) is 54.0 Å². The molecule has 0 aliphatic carbocycles. The van der Waals surface area contributed by atoms with Crippen LogP contribution in [0, 0.1) is 0 Å². The summed E-state index contributed by atoms with van der Waals surface area (Å²) in [4.78, 5) is 11.6. The van der Waals surface area contributed by atoms with Crippen molar-refractivity contribution in [2.45, 2.75) is 18.2 Å². The lowest BCUT2D eigenvalue weighted by Crippen LogP contribution is -2.26. The first-order valence-electron chi connectivity index (χ1n) is 6.08. The van der Waals surface area contributed by atoms with Crippen molar-refractivity contribution < 1.29 is 17.9 Å². The maximum Gasteiger partial charge on any atom is 0.338 e. The largest absolute Gasteiger partial charge is 0.462 e. The molecule has 3 N–H and O–H groups in total. The van der Waals surface area contributed by atoms with E-state index in [1.807, 2.05) is 0 Å². The van der Waals surface area contributed by atoms with Crippen LogP contribution in [0.1, 0.15) is 23.7 Å². The third-order valence-corrected chi connectivity index (χ3v) is 4.84. The molecule has 0 aliphatic heterocycles. The summed E-state index contributed by atoms with van der Waals surface area (Å²) in [5, 5.41) is 0. The van der Waals surface area contributed by atoms with Crippen LogP contribution in [0.2, 0.25) is 0 Å². The third-order valence-electron chi connectivity index (χ3n) is 2.41. The maximum atomic E-state index is 12.0. The second-order valence-corrected chi connectivity index (χ2v) is 6.50. The molecule has 1 rings (SSSR count). The van der Waals surface area contributed by atoms with Gasteiger partial charge in [-0.2, -0.15) is 0 Å². The van der Waals surface area contributed by atoms with Crippen molar-refractivity contribution in [1.29, 1.82) is 0 Å². The number of rotatable bonds is 7. The van der Waals surface area contributed by atoms with Crippen LogP contribution in [0.3, 0.4) is 0 Å². The van der Waals surface area contributed by atoms with Gasteiger partial charge in [0.15, 0.2) is 0 Å². The monoisotopic (exact) mass is 364 g/mol. The van der Waals surface area contributed by atoms with Gasteiger partial charge in [-0.25, -0.2) is 17.9 Å². The molecule has 0 bridgehead atoms. The molecule has 0 unspecified atom stereocenters. The quantitative estimate of drug-likeness (QED) is 0.560. The molecule has 112 valence electrons. The normalized spacial score (nSPS) is 11.3. The predicted molar refractivity (Wildman–Crippen MR) is 79.0 cm³/mol. The molecule has 0 aromatic heterocycles. The van der Waals surface area contributed by atoms with E-state index in [-0.39, 0.29) is 18.0 Å². The van der Waals surface area contributed by atoms with Gasteiger partial charge in [0, 0.05) is 11.0 Å². The first-order valence-corrected chi connectivity index (χ1v) is 8.36. The van der Waals surface area contributed by atoms with E-state index in [2.05, 4.69) is 20.7 Å². The summed E-state index contributed by atoms with van der Waals surface area (Å²) in [6, 6.07) is 4.21. The van der Waals surface area contributed by atoms with Crippen molar-refractivity contribution in [2.24, 2.45) is 5.73 Å². The Labute approximate surface area is 126 Å². The SMILES string of the molecule is CCOC(=O)c1ccc(S(=O)(=O)NCCCN)c(Br)c1. The smallest absolute Gasteiger partial charge is 0.338 e. The van der Waals surface area contributed by atoms with Gasteiger partial charge in [0.25, 0.3) is 0 Å². The standard InChI is InChI=1S/C12H17BrN2O4S/c1-2-19-12(16)9-4-5-11(10(13)8-9)20(17,18)15-7-3-6-14/h4-5,8,15H,2-3,6-7,14H2,1H3. The fourth-order valence-electron chi connectivity index (χ4n) is 1.45. The molecule has 0 spiro atoms. The lowest BCUT2D eigenvalue weighted by Gasteiger charge is -2.09. The van der Waals surface area contributed by atoms with Crippen molar-refractivity contribution >= 4 is 31.9 Å². The number of esters is 1. The highest BCUT2D eigenvalue weighted by Gasteiger charge is 2.18. The van der Waals surface area contributed by atoms with Gasteiger partial charge >= 0.3 is 5.97 Å². The van der Waals surface area contributed by atoms with Gasteiger partial charge in [-0.15, -0.1) is 0 Å². The van der Waals surface area contributed by atoms with Crippen LogP contribution >= 0.6 is 15.9 Å². The molecule has 20 heavy (non-hydrogen) atoms. The number of ether oxygens (including phenoxy) is 1. The van der Waals surface area contributed by atoms with Crippen molar-refractivity contribution in [3.63, 3.8) is 0 Å². The summed E-state index contributed by atoms with van der Waals surface area (Å²) in [6.45, 7) is 2.64. The number of hydrogen-bond donors (Lipinski definition) is 2. The van der Waals surface area contributed by atoms with Gasteiger partial charge in [-0.3, -0.25) is 0 Å². The number of benzene rings is 1. The number of hydrogen-bond acceptors (Lipinski definition) is 5. The zero-order valence-electron chi connectivity index (χ0n) is 11.1. The predicted octanol–water partition coefficient (Wildman–Crippen LogP) is 1.25. The van der Waals surface area contributed by atoms with Crippen LogP contribution in [0.5, 0.6) is 0 Å². The Morgan fingerprint density at radius 3 is 2.70 bits per heavy atom. The second-order valence-electron chi connectivity index (χ2n) is 3.91. The van der Waals surface area contributed by atoms with Crippen LogP contribution in [0.4, 0.5) is 0 Å². The fourth-order valence-corrected chi connectivity index (χ4v) is 3.60. The van der Waals surface area contributed by atoms with Crippen LogP contribution < -0.4 is 10.5 Å². The number of nitrogens with one attached hydrogen (secondary N) is 1. The Morgan fingerprint density at radius 1 is 1.45 bits per heavy atom. The molecule has 1 aromatic rings. The molecule has 0 saturated carbocycles. The van der Waals surface area contributed by atoms with Gasteiger partial charge < -0.3 is 10.5 Å². The summed E-state index contributed by atoms with van der Waals surface area (Å²) in [5.41, 5.74) is 5.60. The summed E-state index contributed by atoms with van der Waals surface area (Å²) >= 11 is 3.16. The minimum Gasteiger partial charge on any atom is -0.462 e. The summed E-state index contributed by atoms with van der Waals surface area (Å²) in [6.07, 6.45) is 0.553. The van der Waals surface area contributed by atoms with Gasteiger partial charge in [0.1, 0.15) is 0 Å². The number of carbonyl (C=O) groups excluding carboxylic acids is 1. The molecule has 1 aromatic carbocycles. The van der Waals surface area contributed by atoms with Crippen molar-refractivity contribution in [2.75, 3.05) is 19.7 Å². The molecule has 0 radical (unpaired) electrons.